The number of aromatic hydroxyl groups is 1. The first-order valence-electron chi connectivity index (χ1n) is 19.7. The summed E-state index contributed by atoms with van der Waals surface area (Å²) in [4.78, 5) is 10.4. The highest BCUT2D eigenvalue weighted by atomic mass is 16.3. The number of furan rings is 1. The van der Waals surface area contributed by atoms with Gasteiger partial charge in [-0.1, -0.05) is 140 Å². The Bertz CT molecular complexity index is 3330. The normalized spacial score (nSPS) is 11.5. The first-order chi connectivity index (χ1) is 29.2. The molecule has 11 rings (SSSR count). The standard InChI is InChI=1S/C54H35N3O2/c58-50-26-13-11-22-44(50)54-56-52-42(23-14-25-49(52)57(54)48-24-12-10-21-41(48)37-19-8-3-9-20-37)40-31-45-43-28-27-38(35-15-4-1-5-16-35)34-51(43)59-53(45)46(32-40)47-33-39(29-30-55-47)36-17-6-2-7-18-36/h1-34,58H. The van der Waals surface area contributed by atoms with Crippen LogP contribution in [-0.4, -0.2) is 19.6 Å². The van der Waals surface area contributed by atoms with E-state index in [1.807, 2.05) is 48.7 Å². The lowest BCUT2D eigenvalue weighted by Gasteiger charge is -2.15. The van der Waals surface area contributed by atoms with Gasteiger partial charge in [0.05, 0.1) is 28.0 Å². The summed E-state index contributed by atoms with van der Waals surface area (Å²) < 4.78 is 9.02. The second kappa shape index (κ2) is 14.2. The van der Waals surface area contributed by atoms with Crippen LogP contribution in [0.4, 0.5) is 0 Å². The number of hydrogen-bond acceptors (Lipinski definition) is 4. The van der Waals surface area contributed by atoms with E-state index < -0.39 is 0 Å². The average Bonchev–Trinajstić information content (AvgIpc) is 3.88. The third kappa shape index (κ3) is 5.96. The number of imidazole rings is 1. The first-order valence-corrected chi connectivity index (χ1v) is 19.7. The fraction of sp³-hybridized carbons (Fsp3) is 0. The smallest absolute Gasteiger partial charge is 0.149 e. The minimum atomic E-state index is 0.163. The van der Waals surface area contributed by atoms with Gasteiger partial charge < -0.3 is 9.52 Å². The van der Waals surface area contributed by atoms with Gasteiger partial charge in [-0.3, -0.25) is 9.55 Å². The van der Waals surface area contributed by atoms with E-state index in [9.17, 15) is 5.11 Å². The average molecular weight is 758 g/mol. The van der Waals surface area contributed by atoms with Crippen LogP contribution in [-0.2, 0) is 0 Å². The number of phenols is 1. The highest BCUT2D eigenvalue weighted by Crippen LogP contribution is 2.44. The van der Waals surface area contributed by atoms with Crippen LogP contribution < -0.4 is 0 Å². The minimum Gasteiger partial charge on any atom is -0.507 e. The van der Waals surface area contributed by atoms with Gasteiger partial charge in [0.2, 0.25) is 0 Å². The Labute approximate surface area is 340 Å². The molecule has 0 aliphatic carbocycles. The van der Waals surface area contributed by atoms with Crippen LogP contribution in [0.1, 0.15) is 0 Å². The second-order valence-electron chi connectivity index (χ2n) is 14.7. The maximum absolute atomic E-state index is 11.3. The summed E-state index contributed by atoms with van der Waals surface area (Å²) in [6.07, 6.45) is 1.87. The maximum Gasteiger partial charge on any atom is 0.149 e. The monoisotopic (exact) mass is 757 g/mol. The molecule has 278 valence electrons. The lowest BCUT2D eigenvalue weighted by atomic mass is 9.95. The molecular weight excluding hydrogens is 723 g/mol. The molecule has 0 fully saturated rings. The molecule has 8 aromatic carbocycles. The predicted octanol–water partition coefficient (Wildman–Crippen LogP) is 14.0. The van der Waals surface area contributed by atoms with Gasteiger partial charge in [-0.05, 0) is 94.0 Å². The van der Waals surface area contributed by atoms with Crippen LogP contribution in [0.5, 0.6) is 5.75 Å². The molecule has 0 amide bonds. The van der Waals surface area contributed by atoms with Crippen molar-refractivity contribution in [1.82, 2.24) is 14.5 Å². The van der Waals surface area contributed by atoms with Crippen molar-refractivity contribution in [1.29, 1.82) is 0 Å². The fourth-order valence-electron chi connectivity index (χ4n) is 8.37. The predicted molar refractivity (Wildman–Crippen MR) is 240 cm³/mol. The zero-order valence-electron chi connectivity index (χ0n) is 31.8. The molecule has 5 heteroatoms. The Hall–Kier alpha value is -8.02. The molecule has 0 aliphatic rings. The molecule has 0 bridgehead atoms. The lowest BCUT2D eigenvalue weighted by Crippen LogP contribution is -2.00. The van der Waals surface area contributed by atoms with Crippen molar-refractivity contribution in [2.24, 2.45) is 0 Å². The number of fused-ring (bicyclic) bond motifs is 4. The Kier molecular flexibility index (Phi) is 8.23. The number of pyridine rings is 1. The number of rotatable bonds is 7. The van der Waals surface area contributed by atoms with E-state index in [4.69, 9.17) is 14.4 Å². The molecule has 0 atom stereocenters. The molecule has 11 aromatic rings. The molecule has 0 unspecified atom stereocenters. The van der Waals surface area contributed by atoms with Crippen LogP contribution in [0.2, 0.25) is 0 Å². The highest BCUT2D eigenvalue weighted by molar-refractivity contribution is 6.13. The van der Waals surface area contributed by atoms with Crippen LogP contribution in [0.3, 0.4) is 0 Å². The van der Waals surface area contributed by atoms with Gasteiger partial charge >= 0.3 is 0 Å². The summed E-state index contributed by atoms with van der Waals surface area (Å²) in [6, 6.07) is 68.3. The molecular formula is C54H35N3O2. The van der Waals surface area contributed by atoms with Crippen molar-refractivity contribution in [2.45, 2.75) is 0 Å². The lowest BCUT2D eigenvalue weighted by molar-refractivity contribution is 0.477. The van der Waals surface area contributed by atoms with Crippen molar-refractivity contribution in [3.05, 3.63) is 206 Å². The summed E-state index contributed by atoms with van der Waals surface area (Å²) in [6.45, 7) is 0. The van der Waals surface area contributed by atoms with E-state index in [0.717, 1.165) is 94.4 Å². The number of nitrogens with zero attached hydrogens (tertiary/aromatic N) is 3. The molecule has 59 heavy (non-hydrogen) atoms. The molecule has 3 heterocycles. The van der Waals surface area contributed by atoms with E-state index in [-0.39, 0.29) is 5.75 Å². The van der Waals surface area contributed by atoms with Gasteiger partial charge in [0.15, 0.2) is 0 Å². The maximum atomic E-state index is 11.3. The van der Waals surface area contributed by atoms with Gasteiger partial charge in [0.25, 0.3) is 0 Å². The van der Waals surface area contributed by atoms with Crippen LogP contribution in [0.15, 0.2) is 211 Å². The number of hydrogen-bond donors (Lipinski definition) is 1. The van der Waals surface area contributed by atoms with Crippen LogP contribution >= 0.6 is 0 Å². The summed E-state index contributed by atoms with van der Waals surface area (Å²) in [5.74, 6) is 0.810. The van der Waals surface area contributed by atoms with Crippen molar-refractivity contribution < 1.29 is 9.52 Å². The summed E-state index contributed by atoms with van der Waals surface area (Å²) in [5.41, 5.74) is 15.1. The third-order valence-corrected chi connectivity index (χ3v) is 11.2. The quantitative estimate of drug-likeness (QED) is 0.176. The van der Waals surface area contributed by atoms with E-state index in [0.29, 0.717) is 11.4 Å². The molecule has 0 saturated carbocycles. The molecule has 5 nitrogen and oxygen atoms in total. The number of phenolic OH excluding ortho intramolecular Hbond substituents is 1. The van der Waals surface area contributed by atoms with Crippen molar-refractivity contribution in [2.75, 3.05) is 0 Å². The molecule has 3 aromatic heterocycles. The Morgan fingerprint density at radius 2 is 1.08 bits per heavy atom. The fourth-order valence-corrected chi connectivity index (χ4v) is 8.37. The summed E-state index contributed by atoms with van der Waals surface area (Å²) >= 11 is 0. The summed E-state index contributed by atoms with van der Waals surface area (Å²) in [7, 11) is 0. The molecule has 1 N–H and O–H groups in total. The largest absolute Gasteiger partial charge is 0.507 e. The number of benzene rings is 8. The van der Waals surface area contributed by atoms with Gasteiger partial charge in [0, 0.05) is 33.7 Å². The molecule has 0 radical (unpaired) electrons. The number of aromatic nitrogens is 3. The Balaban J connectivity index is 1.18. The second-order valence-corrected chi connectivity index (χ2v) is 14.7. The van der Waals surface area contributed by atoms with E-state index >= 15 is 0 Å². The molecule has 0 saturated heterocycles. The van der Waals surface area contributed by atoms with Crippen LogP contribution in [0.25, 0.3) is 106 Å². The van der Waals surface area contributed by atoms with E-state index in [1.165, 1.54) is 0 Å². The van der Waals surface area contributed by atoms with Crippen molar-refractivity contribution in [3.8, 4) is 78.6 Å². The summed E-state index contributed by atoms with van der Waals surface area (Å²) in [5, 5.41) is 13.3. The first kappa shape index (κ1) is 34.2. The van der Waals surface area contributed by atoms with E-state index in [2.05, 4.69) is 156 Å². The molecule has 0 spiro atoms. The topological polar surface area (TPSA) is 64.1 Å². The number of para-hydroxylation sites is 3. The van der Waals surface area contributed by atoms with Crippen molar-refractivity contribution in [3.63, 3.8) is 0 Å². The Morgan fingerprint density at radius 3 is 1.83 bits per heavy atom. The minimum absolute atomic E-state index is 0.163. The van der Waals surface area contributed by atoms with E-state index in [1.54, 1.807) is 6.07 Å². The zero-order chi connectivity index (χ0) is 39.3. The SMILES string of the molecule is Oc1ccccc1-c1nc2c(-c3cc(-c4cc(-c5ccccc5)ccn4)c4oc5cc(-c6ccccc6)ccc5c4c3)cccc2n1-c1ccccc1-c1ccccc1. The highest BCUT2D eigenvalue weighted by Gasteiger charge is 2.23. The van der Waals surface area contributed by atoms with Crippen LogP contribution in [0, 0.1) is 0 Å². The van der Waals surface area contributed by atoms with Gasteiger partial charge in [-0.25, -0.2) is 4.98 Å². The zero-order valence-corrected chi connectivity index (χ0v) is 31.8. The third-order valence-electron chi connectivity index (χ3n) is 11.2. The van der Waals surface area contributed by atoms with Gasteiger partial charge in [0.1, 0.15) is 22.7 Å². The molecule has 0 aliphatic heterocycles. The van der Waals surface area contributed by atoms with Gasteiger partial charge in [-0.2, -0.15) is 0 Å². The van der Waals surface area contributed by atoms with Gasteiger partial charge in [-0.15, -0.1) is 0 Å². The van der Waals surface area contributed by atoms with Crippen molar-refractivity contribution >= 4 is 33.0 Å². The Morgan fingerprint density at radius 1 is 0.441 bits per heavy atom.